The van der Waals surface area contributed by atoms with Crippen LogP contribution in [0.25, 0.3) is 0 Å². The molecule has 1 aromatic rings. The van der Waals surface area contributed by atoms with E-state index >= 15 is 0 Å². The number of hydrogen-bond acceptors (Lipinski definition) is 3. The molecule has 0 atom stereocenters. The standard InChI is InChI=1S/C18H27N3O/c22-18(19-17-8-4-5-9-17)15-21-12-10-20(11-13-21)14-16-6-2-1-3-7-16/h1-3,6-7,17H,4-5,8-15H2,(H,19,22). The molecule has 0 aromatic heterocycles. The molecule has 4 nitrogen and oxygen atoms in total. The van der Waals surface area contributed by atoms with Gasteiger partial charge < -0.3 is 5.32 Å². The van der Waals surface area contributed by atoms with Crippen molar-refractivity contribution in [1.82, 2.24) is 15.1 Å². The average Bonchev–Trinajstić information content (AvgIpc) is 3.03. The molecule has 0 spiro atoms. The van der Waals surface area contributed by atoms with E-state index in [1.807, 2.05) is 0 Å². The summed E-state index contributed by atoms with van der Waals surface area (Å²) >= 11 is 0. The summed E-state index contributed by atoms with van der Waals surface area (Å²) in [5.41, 5.74) is 1.37. The summed E-state index contributed by atoms with van der Waals surface area (Å²) in [5, 5.41) is 3.18. The monoisotopic (exact) mass is 301 g/mol. The second kappa shape index (κ2) is 7.75. The number of hydrogen-bond donors (Lipinski definition) is 1. The van der Waals surface area contributed by atoms with E-state index in [9.17, 15) is 4.79 Å². The molecule has 1 N–H and O–H groups in total. The molecule has 120 valence electrons. The smallest absolute Gasteiger partial charge is 0.234 e. The number of benzene rings is 1. The Morgan fingerprint density at radius 3 is 2.32 bits per heavy atom. The minimum atomic E-state index is 0.211. The summed E-state index contributed by atoms with van der Waals surface area (Å²) in [6.45, 7) is 5.66. The van der Waals surface area contributed by atoms with E-state index in [4.69, 9.17) is 0 Å². The zero-order valence-corrected chi connectivity index (χ0v) is 13.3. The third-order valence-corrected chi connectivity index (χ3v) is 4.80. The van der Waals surface area contributed by atoms with Gasteiger partial charge in [0.15, 0.2) is 0 Å². The summed E-state index contributed by atoms with van der Waals surface area (Å²) in [7, 11) is 0. The Morgan fingerprint density at radius 2 is 1.64 bits per heavy atom. The van der Waals surface area contributed by atoms with Gasteiger partial charge in [0, 0.05) is 38.8 Å². The number of piperazine rings is 1. The van der Waals surface area contributed by atoms with E-state index in [1.165, 1.54) is 18.4 Å². The van der Waals surface area contributed by atoms with Crippen LogP contribution in [0.5, 0.6) is 0 Å². The van der Waals surface area contributed by atoms with Crippen LogP contribution in [0.3, 0.4) is 0 Å². The highest BCUT2D eigenvalue weighted by molar-refractivity contribution is 5.78. The van der Waals surface area contributed by atoms with Gasteiger partial charge in [0.05, 0.1) is 6.54 Å². The lowest BCUT2D eigenvalue weighted by Gasteiger charge is -2.34. The van der Waals surface area contributed by atoms with Crippen LogP contribution < -0.4 is 5.32 Å². The highest BCUT2D eigenvalue weighted by Crippen LogP contribution is 2.17. The van der Waals surface area contributed by atoms with E-state index in [-0.39, 0.29) is 5.91 Å². The minimum Gasteiger partial charge on any atom is -0.352 e. The van der Waals surface area contributed by atoms with E-state index in [1.54, 1.807) is 0 Å². The maximum Gasteiger partial charge on any atom is 0.234 e. The SMILES string of the molecule is O=C(CN1CCN(Cc2ccccc2)CC1)NC1CCCC1. The molecule has 2 aliphatic rings. The fourth-order valence-corrected chi connectivity index (χ4v) is 3.49. The average molecular weight is 301 g/mol. The van der Waals surface area contributed by atoms with Gasteiger partial charge in [0.2, 0.25) is 5.91 Å². The largest absolute Gasteiger partial charge is 0.352 e. The van der Waals surface area contributed by atoms with Crippen LogP contribution >= 0.6 is 0 Å². The van der Waals surface area contributed by atoms with Crippen LogP contribution in [-0.4, -0.2) is 54.5 Å². The Balaban J connectivity index is 1.37. The van der Waals surface area contributed by atoms with Crippen molar-refractivity contribution in [3.63, 3.8) is 0 Å². The number of nitrogens with one attached hydrogen (secondary N) is 1. The lowest BCUT2D eigenvalue weighted by atomic mass is 10.2. The molecule has 22 heavy (non-hydrogen) atoms. The lowest BCUT2D eigenvalue weighted by Crippen LogP contribution is -2.50. The molecule has 4 heteroatoms. The van der Waals surface area contributed by atoms with E-state index in [0.29, 0.717) is 12.6 Å². The molecule has 1 amide bonds. The Labute approximate surface area is 133 Å². The van der Waals surface area contributed by atoms with E-state index < -0.39 is 0 Å². The van der Waals surface area contributed by atoms with Crippen LogP contribution in [0.15, 0.2) is 30.3 Å². The van der Waals surface area contributed by atoms with Crippen LogP contribution in [0.4, 0.5) is 0 Å². The molecule has 0 unspecified atom stereocenters. The zero-order chi connectivity index (χ0) is 15.2. The van der Waals surface area contributed by atoms with Crippen molar-refractivity contribution in [3.05, 3.63) is 35.9 Å². The van der Waals surface area contributed by atoms with Gasteiger partial charge in [0.25, 0.3) is 0 Å². The topological polar surface area (TPSA) is 35.6 Å². The molecule has 1 saturated heterocycles. The van der Waals surface area contributed by atoms with Crippen LogP contribution in [0.2, 0.25) is 0 Å². The number of nitrogens with zero attached hydrogens (tertiary/aromatic N) is 2. The highest BCUT2D eigenvalue weighted by Gasteiger charge is 2.21. The second-order valence-corrected chi connectivity index (χ2v) is 6.59. The van der Waals surface area contributed by atoms with Gasteiger partial charge >= 0.3 is 0 Å². The summed E-state index contributed by atoms with van der Waals surface area (Å²) < 4.78 is 0. The number of amides is 1. The highest BCUT2D eigenvalue weighted by atomic mass is 16.2. The van der Waals surface area contributed by atoms with Gasteiger partial charge in [-0.3, -0.25) is 14.6 Å². The Bertz CT molecular complexity index is 462. The van der Waals surface area contributed by atoms with Gasteiger partial charge in [-0.05, 0) is 18.4 Å². The maximum absolute atomic E-state index is 12.1. The number of carbonyl (C=O) groups excluding carboxylic acids is 1. The van der Waals surface area contributed by atoms with Crippen LogP contribution in [-0.2, 0) is 11.3 Å². The lowest BCUT2D eigenvalue weighted by molar-refractivity contribution is -0.123. The van der Waals surface area contributed by atoms with Crippen LogP contribution in [0, 0.1) is 0 Å². The van der Waals surface area contributed by atoms with Crippen molar-refractivity contribution in [2.75, 3.05) is 32.7 Å². The fourth-order valence-electron chi connectivity index (χ4n) is 3.49. The first-order valence-electron chi connectivity index (χ1n) is 8.57. The Hall–Kier alpha value is -1.39. The third kappa shape index (κ3) is 4.55. The third-order valence-electron chi connectivity index (χ3n) is 4.80. The van der Waals surface area contributed by atoms with Crippen LogP contribution in [0.1, 0.15) is 31.2 Å². The Kier molecular flexibility index (Phi) is 5.46. The predicted octanol–water partition coefficient (Wildman–Crippen LogP) is 1.86. The summed E-state index contributed by atoms with van der Waals surface area (Å²) in [6, 6.07) is 11.1. The minimum absolute atomic E-state index is 0.211. The van der Waals surface area contributed by atoms with Gasteiger partial charge in [0.1, 0.15) is 0 Å². The van der Waals surface area contributed by atoms with Gasteiger partial charge in [-0.25, -0.2) is 0 Å². The normalized spacial score (nSPS) is 21.1. The quantitative estimate of drug-likeness (QED) is 0.902. The van der Waals surface area contributed by atoms with Crippen molar-refractivity contribution in [3.8, 4) is 0 Å². The zero-order valence-electron chi connectivity index (χ0n) is 13.3. The second-order valence-electron chi connectivity index (χ2n) is 6.59. The molecule has 1 aliphatic carbocycles. The van der Waals surface area contributed by atoms with Crippen molar-refractivity contribution < 1.29 is 4.79 Å². The molecule has 1 saturated carbocycles. The summed E-state index contributed by atoms with van der Waals surface area (Å²) in [4.78, 5) is 16.8. The summed E-state index contributed by atoms with van der Waals surface area (Å²) in [5.74, 6) is 0.211. The van der Waals surface area contributed by atoms with Gasteiger partial charge in [-0.2, -0.15) is 0 Å². The number of rotatable bonds is 5. The van der Waals surface area contributed by atoms with Crippen molar-refractivity contribution in [1.29, 1.82) is 0 Å². The molecule has 1 aromatic carbocycles. The number of carbonyl (C=O) groups is 1. The first-order valence-corrected chi connectivity index (χ1v) is 8.57. The fraction of sp³-hybridized carbons (Fsp3) is 0.611. The molecule has 0 radical (unpaired) electrons. The maximum atomic E-state index is 12.1. The Morgan fingerprint density at radius 1 is 1.00 bits per heavy atom. The van der Waals surface area contributed by atoms with E-state index in [0.717, 1.165) is 45.6 Å². The molecule has 1 aliphatic heterocycles. The van der Waals surface area contributed by atoms with Gasteiger partial charge in [-0.15, -0.1) is 0 Å². The first-order chi connectivity index (χ1) is 10.8. The first kappa shape index (κ1) is 15.5. The molecule has 1 heterocycles. The van der Waals surface area contributed by atoms with Crippen molar-refractivity contribution >= 4 is 5.91 Å². The van der Waals surface area contributed by atoms with E-state index in [2.05, 4.69) is 45.4 Å². The van der Waals surface area contributed by atoms with Crippen molar-refractivity contribution in [2.24, 2.45) is 0 Å². The van der Waals surface area contributed by atoms with Gasteiger partial charge in [-0.1, -0.05) is 43.2 Å². The molecular formula is C18H27N3O. The van der Waals surface area contributed by atoms with Crippen molar-refractivity contribution in [2.45, 2.75) is 38.3 Å². The molecule has 3 rings (SSSR count). The molecular weight excluding hydrogens is 274 g/mol. The molecule has 0 bridgehead atoms. The predicted molar refractivity (Wildman–Crippen MR) is 88.6 cm³/mol. The summed E-state index contributed by atoms with van der Waals surface area (Å²) in [6.07, 6.45) is 4.86. The molecule has 2 fully saturated rings.